The molecule has 0 spiro atoms. The maximum absolute atomic E-state index is 8.52. The molecular formula is C11H16N2O2. The minimum atomic E-state index is 0.0797. The van der Waals surface area contributed by atoms with Gasteiger partial charge in [0.25, 0.3) is 0 Å². The highest BCUT2D eigenvalue weighted by Crippen LogP contribution is 2.11. The fourth-order valence-corrected chi connectivity index (χ4v) is 1.09. The molecule has 0 unspecified atom stereocenters. The maximum Gasteiger partial charge on any atom is 0.119 e. The van der Waals surface area contributed by atoms with Crippen molar-refractivity contribution >= 4 is 6.21 Å². The highest BCUT2D eigenvalue weighted by molar-refractivity contribution is 5.79. The van der Waals surface area contributed by atoms with E-state index in [0.29, 0.717) is 13.2 Å². The van der Waals surface area contributed by atoms with E-state index in [2.05, 4.69) is 10.5 Å². The molecule has 0 aromatic heterocycles. The fourth-order valence-electron chi connectivity index (χ4n) is 1.09. The van der Waals surface area contributed by atoms with Crippen molar-refractivity contribution in [1.29, 1.82) is 0 Å². The van der Waals surface area contributed by atoms with E-state index < -0.39 is 0 Å². The lowest BCUT2D eigenvalue weighted by Crippen LogP contribution is -2.11. The van der Waals surface area contributed by atoms with Crippen molar-refractivity contribution in [3.05, 3.63) is 29.8 Å². The van der Waals surface area contributed by atoms with Gasteiger partial charge < -0.3 is 15.3 Å². The Labute approximate surface area is 89.6 Å². The van der Waals surface area contributed by atoms with E-state index in [1.54, 1.807) is 6.21 Å². The highest BCUT2D eigenvalue weighted by Gasteiger charge is 1.92. The number of hydrogen-bond donors (Lipinski definition) is 2. The van der Waals surface area contributed by atoms with Gasteiger partial charge in [-0.15, -0.1) is 0 Å². The van der Waals surface area contributed by atoms with Crippen molar-refractivity contribution in [3.63, 3.8) is 0 Å². The summed E-state index contributed by atoms with van der Waals surface area (Å²) in [6, 6.07) is 7.67. The van der Waals surface area contributed by atoms with Crippen molar-refractivity contribution in [1.82, 2.24) is 5.43 Å². The zero-order valence-corrected chi connectivity index (χ0v) is 8.81. The molecule has 0 aliphatic rings. The maximum atomic E-state index is 8.52. The molecule has 0 heterocycles. The SMILES string of the molecule is CCOc1cccc(C=NNCCO)c1. The number of hydrazone groups is 1. The van der Waals surface area contributed by atoms with E-state index in [1.165, 1.54) is 0 Å². The van der Waals surface area contributed by atoms with E-state index in [9.17, 15) is 0 Å². The molecule has 0 fully saturated rings. The van der Waals surface area contributed by atoms with Crippen molar-refractivity contribution in [2.75, 3.05) is 19.8 Å². The van der Waals surface area contributed by atoms with E-state index in [4.69, 9.17) is 9.84 Å². The van der Waals surface area contributed by atoms with Crippen molar-refractivity contribution < 1.29 is 9.84 Å². The molecule has 0 bridgehead atoms. The molecule has 1 rings (SSSR count). The normalized spacial score (nSPS) is 10.5. The molecule has 15 heavy (non-hydrogen) atoms. The average Bonchev–Trinajstić information content (AvgIpc) is 2.26. The lowest BCUT2D eigenvalue weighted by atomic mass is 10.2. The van der Waals surface area contributed by atoms with Crippen LogP contribution in [0.4, 0.5) is 0 Å². The van der Waals surface area contributed by atoms with Crippen LogP contribution in [0.1, 0.15) is 12.5 Å². The summed E-state index contributed by atoms with van der Waals surface area (Å²) < 4.78 is 5.35. The predicted octanol–water partition coefficient (Wildman–Crippen LogP) is 1.00. The van der Waals surface area contributed by atoms with Gasteiger partial charge in [-0.05, 0) is 24.6 Å². The predicted molar refractivity (Wildman–Crippen MR) is 60.3 cm³/mol. The second-order valence-corrected chi connectivity index (χ2v) is 2.90. The Kier molecular flexibility index (Phi) is 5.25. The van der Waals surface area contributed by atoms with Gasteiger partial charge in [-0.2, -0.15) is 5.10 Å². The van der Waals surface area contributed by atoms with E-state index in [1.807, 2.05) is 31.2 Å². The molecule has 0 saturated carbocycles. The number of ether oxygens (including phenoxy) is 1. The number of nitrogens with one attached hydrogen (secondary N) is 1. The first-order valence-corrected chi connectivity index (χ1v) is 4.96. The first-order chi connectivity index (χ1) is 7.36. The third-order valence-corrected chi connectivity index (χ3v) is 1.70. The highest BCUT2D eigenvalue weighted by atomic mass is 16.5. The summed E-state index contributed by atoms with van der Waals surface area (Å²) in [5.41, 5.74) is 3.68. The standard InChI is InChI=1S/C11H16N2O2/c1-2-15-11-5-3-4-10(8-11)9-13-12-6-7-14/h3-5,8-9,12,14H,2,6-7H2,1H3. The van der Waals surface area contributed by atoms with Crippen LogP contribution in [0, 0.1) is 0 Å². The summed E-state index contributed by atoms with van der Waals surface area (Å²) in [7, 11) is 0. The zero-order chi connectivity index (χ0) is 10.9. The molecule has 1 aromatic carbocycles. The molecule has 0 atom stereocenters. The first kappa shape index (κ1) is 11.5. The smallest absolute Gasteiger partial charge is 0.119 e. The molecule has 0 amide bonds. The third-order valence-electron chi connectivity index (χ3n) is 1.70. The summed E-state index contributed by atoms with van der Waals surface area (Å²) in [5, 5.41) is 12.5. The van der Waals surface area contributed by atoms with Gasteiger partial charge in [0.2, 0.25) is 0 Å². The molecule has 4 heteroatoms. The minimum Gasteiger partial charge on any atom is -0.494 e. The number of hydrogen-bond acceptors (Lipinski definition) is 4. The van der Waals surface area contributed by atoms with Crippen molar-refractivity contribution in [2.24, 2.45) is 5.10 Å². The molecule has 0 aliphatic carbocycles. The Morgan fingerprint density at radius 2 is 2.40 bits per heavy atom. The summed E-state index contributed by atoms with van der Waals surface area (Å²) >= 11 is 0. The van der Waals surface area contributed by atoms with E-state index >= 15 is 0 Å². The molecule has 1 aromatic rings. The molecule has 4 nitrogen and oxygen atoms in total. The molecule has 0 radical (unpaired) electrons. The van der Waals surface area contributed by atoms with Crippen molar-refractivity contribution in [2.45, 2.75) is 6.92 Å². The van der Waals surface area contributed by atoms with Crippen LogP contribution in [-0.4, -0.2) is 31.1 Å². The van der Waals surface area contributed by atoms with Crippen LogP contribution < -0.4 is 10.2 Å². The second kappa shape index (κ2) is 6.84. The van der Waals surface area contributed by atoms with Gasteiger partial charge in [-0.25, -0.2) is 0 Å². The Balaban J connectivity index is 2.53. The van der Waals surface area contributed by atoms with Crippen LogP contribution in [-0.2, 0) is 0 Å². The van der Waals surface area contributed by atoms with Crippen LogP contribution in [0.3, 0.4) is 0 Å². The molecule has 82 valence electrons. The monoisotopic (exact) mass is 208 g/mol. The van der Waals surface area contributed by atoms with Crippen LogP contribution in [0.25, 0.3) is 0 Å². The zero-order valence-electron chi connectivity index (χ0n) is 8.81. The average molecular weight is 208 g/mol. The van der Waals surface area contributed by atoms with Gasteiger partial charge >= 0.3 is 0 Å². The Morgan fingerprint density at radius 3 is 3.13 bits per heavy atom. The topological polar surface area (TPSA) is 53.8 Å². The van der Waals surface area contributed by atoms with Gasteiger partial charge in [0, 0.05) is 0 Å². The molecule has 2 N–H and O–H groups in total. The van der Waals surface area contributed by atoms with Gasteiger partial charge in [0.05, 0.1) is 26.0 Å². The Bertz CT molecular complexity index is 313. The van der Waals surface area contributed by atoms with Crippen LogP contribution in [0.2, 0.25) is 0 Å². The summed E-state index contributed by atoms with van der Waals surface area (Å²) in [6.07, 6.45) is 1.69. The van der Waals surface area contributed by atoms with Gasteiger partial charge in [-0.1, -0.05) is 12.1 Å². The quantitative estimate of drug-likeness (QED) is 0.416. The van der Waals surface area contributed by atoms with Crippen molar-refractivity contribution in [3.8, 4) is 5.75 Å². The van der Waals surface area contributed by atoms with Gasteiger partial charge in [0.1, 0.15) is 5.75 Å². The Hall–Kier alpha value is -1.55. The Morgan fingerprint density at radius 1 is 1.53 bits per heavy atom. The number of rotatable bonds is 6. The number of aliphatic hydroxyl groups excluding tert-OH is 1. The number of aliphatic hydroxyl groups is 1. The number of nitrogens with zero attached hydrogens (tertiary/aromatic N) is 1. The molecule has 0 aliphatic heterocycles. The number of benzene rings is 1. The summed E-state index contributed by atoms with van der Waals surface area (Å²) in [5.74, 6) is 0.837. The van der Waals surface area contributed by atoms with Gasteiger partial charge in [-0.3, -0.25) is 0 Å². The fraction of sp³-hybridized carbons (Fsp3) is 0.364. The molecular weight excluding hydrogens is 192 g/mol. The van der Waals surface area contributed by atoms with E-state index in [-0.39, 0.29) is 6.61 Å². The van der Waals surface area contributed by atoms with Crippen LogP contribution in [0.5, 0.6) is 5.75 Å². The minimum absolute atomic E-state index is 0.0797. The first-order valence-electron chi connectivity index (χ1n) is 4.96. The van der Waals surface area contributed by atoms with Crippen LogP contribution >= 0.6 is 0 Å². The van der Waals surface area contributed by atoms with Gasteiger partial charge in [0.15, 0.2) is 0 Å². The second-order valence-electron chi connectivity index (χ2n) is 2.90. The largest absolute Gasteiger partial charge is 0.494 e. The third kappa shape index (κ3) is 4.46. The van der Waals surface area contributed by atoms with E-state index in [0.717, 1.165) is 11.3 Å². The lowest BCUT2D eigenvalue weighted by molar-refractivity contribution is 0.294. The summed E-state index contributed by atoms with van der Waals surface area (Å²) in [4.78, 5) is 0. The lowest BCUT2D eigenvalue weighted by Gasteiger charge is -2.02. The summed E-state index contributed by atoms with van der Waals surface area (Å²) in [6.45, 7) is 3.14. The molecule has 0 saturated heterocycles. The van der Waals surface area contributed by atoms with Crippen LogP contribution in [0.15, 0.2) is 29.4 Å².